The molecule has 0 aliphatic heterocycles. The van der Waals surface area contributed by atoms with E-state index in [9.17, 15) is 4.79 Å². The van der Waals surface area contributed by atoms with Gasteiger partial charge in [0.15, 0.2) is 6.79 Å². The number of methoxy groups -OCH3 is 1. The molecule has 0 unspecified atom stereocenters. The summed E-state index contributed by atoms with van der Waals surface area (Å²) in [5, 5.41) is 8.81. The number of hydrogen-bond donors (Lipinski definition) is 1. The second kappa shape index (κ2) is 6.60. The van der Waals surface area contributed by atoms with E-state index in [0.717, 1.165) is 12.7 Å². The summed E-state index contributed by atoms with van der Waals surface area (Å²) in [7, 11) is 1.34. The molecule has 0 bridgehead atoms. The van der Waals surface area contributed by atoms with E-state index in [-0.39, 0.29) is 12.4 Å². The van der Waals surface area contributed by atoms with Gasteiger partial charge in [-0.15, -0.1) is 0 Å². The summed E-state index contributed by atoms with van der Waals surface area (Å²) in [6.45, 7) is -0.412. The number of carbonyl (C=O) groups excluding carboxylic acids is 1. The van der Waals surface area contributed by atoms with Crippen molar-refractivity contribution < 1.29 is 19.4 Å². The van der Waals surface area contributed by atoms with Crippen LogP contribution in [0, 0.1) is 7.14 Å². The molecule has 4 nitrogen and oxygen atoms in total. The number of ether oxygens (including phenoxy) is 2. The SMILES string of the molecule is COC(=O)Cc1c(I)ccc(I)c1OCO. The number of hydrogen-bond acceptors (Lipinski definition) is 4. The van der Waals surface area contributed by atoms with Gasteiger partial charge in [0.1, 0.15) is 5.75 Å². The predicted octanol–water partition coefficient (Wildman–Crippen LogP) is 1.94. The second-order valence-electron chi connectivity index (χ2n) is 2.86. The van der Waals surface area contributed by atoms with Crippen molar-refractivity contribution in [3.63, 3.8) is 0 Å². The van der Waals surface area contributed by atoms with E-state index in [1.54, 1.807) is 0 Å². The number of rotatable bonds is 4. The van der Waals surface area contributed by atoms with Gasteiger partial charge in [-0.05, 0) is 57.3 Å². The molecule has 0 aromatic heterocycles. The molecule has 0 radical (unpaired) electrons. The molecule has 1 N–H and O–H groups in total. The van der Waals surface area contributed by atoms with Gasteiger partial charge < -0.3 is 14.6 Å². The van der Waals surface area contributed by atoms with Gasteiger partial charge in [-0.2, -0.15) is 0 Å². The second-order valence-corrected chi connectivity index (χ2v) is 5.19. The minimum atomic E-state index is -0.412. The molecule has 0 aliphatic carbocycles. The third-order valence-electron chi connectivity index (χ3n) is 1.91. The third-order valence-corrected chi connectivity index (χ3v) is 3.77. The van der Waals surface area contributed by atoms with Crippen LogP contribution in [0.1, 0.15) is 5.56 Å². The molecule has 1 rings (SSSR count). The summed E-state index contributed by atoms with van der Waals surface area (Å²) in [6.07, 6.45) is 0.140. The van der Waals surface area contributed by atoms with Crippen molar-refractivity contribution in [2.75, 3.05) is 13.9 Å². The first-order valence-electron chi connectivity index (χ1n) is 4.37. The highest BCUT2D eigenvalue weighted by Crippen LogP contribution is 2.30. The minimum absolute atomic E-state index is 0.140. The van der Waals surface area contributed by atoms with Crippen molar-refractivity contribution in [3.05, 3.63) is 24.8 Å². The molecule has 0 fully saturated rings. The Morgan fingerprint density at radius 2 is 2.00 bits per heavy atom. The van der Waals surface area contributed by atoms with Gasteiger partial charge in [0.25, 0.3) is 0 Å². The fourth-order valence-electron chi connectivity index (χ4n) is 1.18. The average Bonchev–Trinajstić information content (AvgIpc) is 2.28. The van der Waals surface area contributed by atoms with E-state index >= 15 is 0 Å². The smallest absolute Gasteiger partial charge is 0.310 e. The fourth-order valence-corrected chi connectivity index (χ4v) is 2.45. The van der Waals surface area contributed by atoms with E-state index in [4.69, 9.17) is 9.84 Å². The van der Waals surface area contributed by atoms with Crippen LogP contribution in [0.2, 0.25) is 0 Å². The van der Waals surface area contributed by atoms with Crippen LogP contribution in [-0.2, 0) is 16.0 Å². The van der Waals surface area contributed by atoms with Crippen molar-refractivity contribution in [3.8, 4) is 5.75 Å². The van der Waals surface area contributed by atoms with Crippen LogP contribution in [-0.4, -0.2) is 25.0 Å². The van der Waals surface area contributed by atoms with Crippen LogP contribution in [0.5, 0.6) is 5.75 Å². The van der Waals surface area contributed by atoms with Gasteiger partial charge in [-0.25, -0.2) is 0 Å². The Kier molecular flexibility index (Phi) is 5.76. The van der Waals surface area contributed by atoms with Crippen LogP contribution >= 0.6 is 45.2 Å². The number of aliphatic hydroxyl groups is 1. The van der Waals surface area contributed by atoms with E-state index in [2.05, 4.69) is 49.9 Å². The molecule has 16 heavy (non-hydrogen) atoms. The first kappa shape index (κ1) is 14.0. The molecule has 0 saturated heterocycles. The van der Waals surface area contributed by atoms with Gasteiger partial charge in [-0.1, -0.05) is 0 Å². The molecule has 0 atom stereocenters. The first-order chi connectivity index (χ1) is 7.60. The standard InChI is InChI=1S/C10H10I2O4/c1-15-9(14)4-6-7(11)2-3-8(12)10(6)16-5-13/h2-3,13H,4-5H2,1H3. The van der Waals surface area contributed by atoms with Crippen molar-refractivity contribution in [1.82, 2.24) is 0 Å². The molecule has 0 saturated carbocycles. The average molecular weight is 448 g/mol. The van der Waals surface area contributed by atoms with Crippen molar-refractivity contribution in [2.24, 2.45) is 0 Å². The van der Waals surface area contributed by atoms with Crippen LogP contribution in [0.15, 0.2) is 12.1 Å². The molecule has 1 aromatic carbocycles. The molecule has 0 spiro atoms. The zero-order chi connectivity index (χ0) is 12.1. The van der Waals surface area contributed by atoms with E-state index in [1.165, 1.54) is 7.11 Å². The third kappa shape index (κ3) is 3.45. The number of carbonyl (C=O) groups is 1. The zero-order valence-electron chi connectivity index (χ0n) is 8.50. The van der Waals surface area contributed by atoms with E-state index in [0.29, 0.717) is 5.75 Å². The summed E-state index contributed by atoms with van der Waals surface area (Å²) in [5.74, 6) is 0.211. The summed E-state index contributed by atoms with van der Waals surface area (Å²) in [4.78, 5) is 11.3. The monoisotopic (exact) mass is 448 g/mol. The highest BCUT2D eigenvalue weighted by atomic mass is 127. The number of esters is 1. The maximum Gasteiger partial charge on any atom is 0.310 e. The van der Waals surface area contributed by atoms with Crippen LogP contribution in [0.25, 0.3) is 0 Å². The Labute approximate surface area is 121 Å². The van der Waals surface area contributed by atoms with Gasteiger partial charge >= 0.3 is 5.97 Å². The lowest BCUT2D eigenvalue weighted by Crippen LogP contribution is -2.09. The molecule has 0 heterocycles. The lowest BCUT2D eigenvalue weighted by molar-refractivity contribution is -0.139. The zero-order valence-corrected chi connectivity index (χ0v) is 12.8. The Hall–Kier alpha value is -0.0900. The first-order valence-corrected chi connectivity index (χ1v) is 6.53. The lowest BCUT2D eigenvalue weighted by atomic mass is 10.1. The van der Waals surface area contributed by atoms with Crippen LogP contribution < -0.4 is 4.74 Å². The van der Waals surface area contributed by atoms with E-state index in [1.807, 2.05) is 12.1 Å². The Balaban J connectivity index is 3.12. The number of aliphatic hydroxyl groups excluding tert-OH is 1. The van der Waals surface area contributed by atoms with Crippen LogP contribution in [0.3, 0.4) is 0 Å². The highest BCUT2D eigenvalue weighted by molar-refractivity contribution is 14.1. The summed E-state index contributed by atoms with van der Waals surface area (Å²) >= 11 is 4.21. The molecule has 0 amide bonds. The van der Waals surface area contributed by atoms with E-state index < -0.39 is 6.79 Å². The number of benzene rings is 1. The van der Waals surface area contributed by atoms with Gasteiger partial charge in [0.2, 0.25) is 0 Å². The maximum atomic E-state index is 11.3. The molecular formula is C10H10I2O4. The van der Waals surface area contributed by atoms with Crippen molar-refractivity contribution in [1.29, 1.82) is 0 Å². The molecular weight excluding hydrogens is 438 g/mol. The predicted molar refractivity (Wildman–Crippen MR) is 75.3 cm³/mol. The highest BCUT2D eigenvalue weighted by Gasteiger charge is 2.15. The Morgan fingerprint density at radius 1 is 1.38 bits per heavy atom. The van der Waals surface area contributed by atoms with Gasteiger partial charge in [0.05, 0.1) is 17.1 Å². The van der Waals surface area contributed by atoms with Gasteiger partial charge in [0, 0.05) is 9.13 Å². The van der Waals surface area contributed by atoms with Gasteiger partial charge in [-0.3, -0.25) is 4.79 Å². The Morgan fingerprint density at radius 3 is 2.56 bits per heavy atom. The molecule has 6 heteroatoms. The summed E-state index contributed by atoms with van der Waals surface area (Å²) in [6, 6.07) is 3.76. The fraction of sp³-hybridized carbons (Fsp3) is 0.300. The topological polar surface area (TPSA) is 55.8 Å². The number of halogens is 2. The summed E-state index contributed by atoms with van der Waals surface area (Å²) in [5.41, 5.74) is 0.744. The maximum absolute atomic E-state index is 11.3. The van der Waals surface area contributed by atoms with Crippen molar-refractivity contribution in [2.45, 2.75) is 6.42 Å². The quantitative estimate of drug-likeness (QED) is 0.435. The normalized spacial score (nSPS) is 10.0. The van der Waals surface area contributed by atoms with Crippen LogP contribution in [0.4, 0.5) is 0 Å². The summed E-state index contributed by atoms with van der Waals surface area (Å²) < 4.78 is 11.5. The lowest BCUT2D eigenvalue weighted by Gasteiger charge is -2.12. The largest absolute Gasteiger partial charge is 0.469 e. The molecule has 0 aliphatic rings. The minimum Gasteiger partial charge on any atom is -0.469 e. The molecule has 1 aromatic rings. The molecule has 88 valence electrons. The Bertz CT molecular complexity index is 393. The van der Waals surface area contributed by atoms with Crippen molar-refractivity contribution >= 4 is 51.2 Å².